The van der Waals surface area contributed by atoms with Crippen molar-refractivity contribution in [2.75, 3.05) is 18.6 Å². The summed E-state index contributed by atoms with van der Waals surface area (Å²) in [6.07, 6.45) is 1.67. The lowest BCUT2D eigenvalue weighted by Crippen LogP contribution is -2.35. The summed E-state index contributed by atoms with van der Waals surface area (Å²) in [5, 5.41) is 0. The Bertz CT molecular complexity index is 862. The molecule has 0 aliphatic carbocycles. The molecule has 1 aromatic heterocycles. The molecule has 0 aliphatic rings. The molecule has 0 radical (unpaired) electrons. The van der Waals surface area contributed by atoms with E-state index in [2.05, 4.69) is 4.98 Å². The molecule has 0 N–H and O–H groups in total. The van der Waals surface area contributed by atoms with E-state index in [1.807, 2.05) is 73.7 Å². The number of carbonyl (C=O) groups excluding carboxylic acids is 1. The molecule has 138 valence electrons. The van der Waals surface area contributed by atoms with E-state index < -0.39 is 0 Å². The van der Waals surface area contributed by atoms with Crippen LogP contribution in [0.4, 0.5) is 5.82 Å². The van der Waals surface area contributed by atoms with Crippen molar-refractivity contribution in [1.29, 1.82) is 0 Å². The van der Waals surface area contributed by atoms with E-state index in [1.165, 1.54) is 0 Å². The first-order valence-corrected chi connectivity index (χ1v) is 8.69. The number of ether oxygens (including phenoxy) is 2. The van der Waals surface area contributed by atoms with Crippen LogP contribution in [0.15, 0.2) is 72.9 Å². The fraction of sp³-hybridized carbons (Fsp3) is 0.182. The highest BCUT2D eigenvalue weighted by Gasteiger charge is 2.18. The molecule has 1 heterocycles. The van der Waals surface area contributed by atoms with Crippen molar-refractivity contribution in [3.63, 3.8) is 0 Å². The molecule has 0 spiro atoms. The third-order valence-electron chi connectivity index (χ3n) is 4.11. The summed E-state index contributed by atoms with van der Waals surface area (Å²) in [6, 6.07) is 20.7. The van der Waals surface area contributed by atoms with E-state index in [4.69, 9.17) is 9.47 Å². The molecule has 5 nitrogen and oxygen atoms in total. The minimum absolute atomic E-state index is 0.0597. The second-order valence-corrected chi connectivity index (χ2v) is 6.12. The number of carbonyl (C=O) groups is 1. The van der Waals surface area contributed by atoms with E-state index in [-0.39, 0.29) is 12.5 Å². The van der Waals surface area contributed by atoms with Crippen LogP contribution in [0.3, 0.4) is 0 Å². The van der Waals surface area contributed by atoms with E-state index >= 15 is 0 Å². The fourth-order valence-corrected chi connectivity index (χ4v) is 2.58. The zero-order valence-corrected chi connectivity index (χ0v) is 15.5. The number of anilines is 1. The highest BCUT2D eigenvalue weighted by Crippen LogP contribution is 2.18. The van der Waals surface area contributed by atoms with Crippen LogP contribution in [0.25, 0.3) is 0 Å². The summed E-state index contributed by atoms with van der Waals surface area (Å²) in [5.74, 6) is 1.87. The predicted octanol–water partition coefficient (Wildman–Crippen LogP) is 4.01. The zero-order valence-electron chi connectivity index (χ0n) is 15.5. The molecule has 5 heteroatoms. The zero-order chi connectivity index (χ0) is 19.1. The Morgan fingerprint density at radius 2 is 1.67 bits per heavy atom. The number of pyridine rings is 1. The fourth-order valence-electron chi connectivity index (χ4n) is 2.58. The summed E-state index contributed by atoms with van der Waals surface area (Å²) in [6.45, 7) is 2.35. The topological polar surface area (TPSA) is 51.7 Å². The second kappa shape index (κ2) is 8.85. The standard InChI is InChI=1S/C22H22N2O3/c1-17-6-10-20(11-7-17)27-16-22(25)24(21-5-3-4-14-23-21)15-18-8-12-19(26-2)13-9-18/h3-14H,15-16H2,1-2H3. The minimum atomic E-state index is -0.162. The molecular formula is C22H22N2O3. The van der Waals surface area contributed by atoms with Gasteiger partial charge in [-0.15, -0.1) is 0 Å². The van der Waals surface area contributed by atoms with Crippen LogP contribution < -0.4 is 14.4 Å². The smallest absolute Gasteiger partial charge is 0.266 e. The molecule has 0 saturated heterocycles. The Morgan fingerprint density at radius 3 is 2.30 bits per heavy atom. The highest BCUT2D eigenvalue weighted by molar-refractivity contribution is 5.93. The van der Waals surface area contributed by atoms with E-state index in [9.17, 15) is 4.79 Å². The van der Waals surface area contributed by atoms with Gasteiger partial charge < -0.3 is 9.47 Å². The first-order chi connectivity index (χ1) is 13.2. The maximum atomic E-state index is 12.8. The van der Waals surface area contributed by atoms with Crippen LogP contribution in [0.5, 0.6) is 11.5 Å². The molecule has 3 rings (SSSR count). The molecule has 0 aliphatic heterocycles. The molecule has 0 unspecified atom stereocenters. The Balaban J connectivity index is 1.74. The lowest BCUT2D eigenvalue weighted by molar-refractivity contribution is -0.120. The van der Waals surface area contributed by atoms with Crippen molar-refractivity contribution in [1.82, 2.24) is 4.98 Å². The van der Waals surface area contributed by atoms with Gasteiger partial charge in [-0.3, -0.25) is 9.69 Å². The molecule has 1 amide bonds. The van der Waals surface area contributed by atoms with Crippen molar-refractivity contribution >= 4 is 11.7 Å². The summed E-state index contributed by atoms with van der Waals surface area (Å²) in [7, 11) is 1.63. The van der Waals surface area contributed by atoms with Gasteiger partial charge in [0.25, 0.3) is 5.91 Å². The normalized spacial score (nSPS) is 10.3. The summed E-state index contributed by atoms with van der Waals surface area (Å²) >= 11 is 0. The number of aryl methyl sites for hydroxylation is 1. The van der Waals surface area contributed by atoms with Gasteiger partial charge in [0.05, 0.1) is 13.7 Å². The van der Waals surface area contributed by atoms with Crippen LogP contribution in [0.2, 0.25) is 0 Å². The summed E-state index contributed by atoms with van der Waals surface area (Å²) in [4.78, 5) is 18.8. The molecule has 0 saturated carbocycles. The molecule has 0 bridgehead atoms. The van der Waals surface area contributed by atoms with Gasteiger partial charge in [-0.05, 0) is 48.9 Å². The van der Waals surface area contributed by atoms with Crippen molar-refractivity contribution in [2.45, 2.75) is 13.5 Å². The molecule has 3 aromatic rings. The third kappa shape index (κ3) is 5.07. The van der Waals surface area contributed by atoms with Gasteiger partial charge in [-0.25, -0.2) is 4.98 Å². The average Bonchev–Trinajstić information content (AvgIpc) is 2.72. The Morgan fingerprint density at radius 1 is 0.963 bits per heavy atom. The van der Waals surface area contributed by atoms with Crippen molar-refractivity contribution in [2.24, 2.45) is 0 Å². The lowest BCUT2D eigenvalue weighted by atomic mass is 10.2. The number of aromatic nitrogens is 1. The second-order valence-electron chi connectivity index (χ2n) is 6.12. The lowest BCUT2D eigenvalue weighted by Gasteiger charge is -2.22. The Hall–Kier alpha value is -3.34. The van der Waals surface area contributed by atoms with Gasteiger partial charge in [0.2, 0.25) is 0 Å². The van der Waals surface area contributed by atoms with Crippen molar-refractivity contribution in [3.8, 4) is 11.5 Å². The Kier molecular flexibility index (Phi) is 6.05. The van der Waals surface area contributed by atoms with E-state index in [1.54, 1.807) is 18.2 Å². The number of rotatable bonds is 7. The number of hydrogen-bond donors (Lipinski definition) is 0. The van der Waals surface area contributed by atoms with Gasteiger partial charge in [0, 0.05) is 6.20 Å². The number of nitrogens with zero attached hydrogens (tertiary/aromatic N) is 2. The molecule has 0 atom stereocenters. The average molecular weight is 362 g/mol. The van der Waals surface area contributed by atoms with E-state index in [0.717, 1.165) is 16.9 Å². The van der Waals surface area contributed by atoms with Crippen LogP contribution in [-0.4, -0.2) is 24.6 Å². The summed E-state index contributed by atoms with van der Waals surface area (Å²) in [5.41, 5.74) is 2.12. The predicted molar refractivity (Wildman–Crippen MR) is 105 cm³/mol. The van der Waals surface area contributed by atoms with Gasteiger partial charge in [0.15, 0.2) is 6.61 Å². The van der Waals surface area contributed by atoms with Gasteiger partial charge >= 0.3 is 0 Å². The number of amides is 1. The molecule has 2 aromatic carbocycles. The molecule has 0 fully saturated rings. The largest absolute Gasteiger partial charge is 0.497 e. The molecule has 27 heavy (non-hydrogen) atoms. The van der Waals surface area contributed by atoms with Crippen molar-refractivity contribution in [3.05, 3.63) is 84.1 Å². The molecular weight excluding hydrogens is 340 g/mol. The van der Waals surface area contributed by atoms with Crippen LogP contribution in [-0.2, 0) is 11.3 Å². The third-order valence-corrected chi connectivity index (χ3v) is 4.11. The first-order valence-electron chi connectivity index (χ1n) is 8.69. The number of benzene rings is 2. The monoisotopic (exact) mass is 362 g/mol. The van der Waals surface area contributed by atoms with Gasteiger partial charge in [0.1, 0.15) is 17.3 Å². The summed E-state index contributed by atoms with van der Waals surface area (Å²) < 4.78 is 10.8. The van der Waals surface area contributed by atoms with Gasteiger partial charge in [-0.2, -0.15) is 0 Å². The highest BCUT2D eigenvalue weighted by atomic mass is 16.5. The Labute approximate surface area is 159 Å². The SMILES string of the molecule is COc1ccc(CN(C(=O)COc2ccc(C)cc2)c2ccccn2)cc1. The van der Waals surface area contributed by atoms with Crippen molar-refractivity contribution < 1.29 is 14.3 Å². The van der Waals surface area contributed by atoms with Crippen LogP contribution >= 0.6 is 0 Å². The maximum Gasteiger partial charge on any atom is 0.266 e. The van der Waals surface area contributed by atoms with Gasteiger partial charge in [-0.1, -0.05) is 35.9 Å². The maximum absolute atomic E-state index is 12.8. The minimum Gasteiger partial charge on any atom is -0.497 e. The van der Waals surface area contributed by atoms with Crippen LogP contribution in [0, 0.1) is 6.92 Å². The van der Waals surface area contributed by atoms with Crippen LogP contribution in [0.1, 0.15) is 11.1 Å². The first kappa shape index (κ1) is 18.5. The van der Waals surface area contributed by atoms with E-state index in [0.29, 0.717) is 18.1 Å². The number of methoxy groups -OCH3 is 1. The quantitative estimate of drug-likeness (QED) is 0.637. The number of hydrogen-bond acceptors (Lipinski definition) is 4.